The van der Waals surface area contributed by atoms with E-state index in [9.17, 15) is 9.59 Å². The maximum atomic E-state index is 11.9. The first-order chi connectivity index (χ1) is 9.40. The molecule has 1 amide bonds. The lowest BCUT2D eigenvalue weighted by Gasteiger charge is -2.09. The Labute approximate surface area is 121 Å². The van der Waals surface area contributed by atoms with Gasteiger partial charge in [-0.1, -0.05) is 46.2 Å². The summed E-state index contributed by atoms with van der Waals surface area (Å²) in [6.07, 6.45) is 2.48. The average molecular weight is 275 g/mol. The van der Waals surface area contributed by atoms with Crippen LogP contribution >= 0.6 is 0 Å². The molecule has 0 unspecified atom stereocenters. The lowest BCUT2D eigenvalue weighted by atomic mass is 10.0. The number of rotatable bonds is 7. The summed E-state index contributed by atoms with van der Waals surface area (Å²) in [5.41, 5.74) is 1.35. The minimum absolute atomic E-state index is 0.0137. The molecular weight excluding hydrogens is 250 g/mol. The largest absolute Gasteiger partial charge is 0.326 e. The molecule has 3 nitrogen and oxygen atoms in total. The second-order valence-electron chi connectivity index (χ2n) is 5.93. The first-order valence-corrected chi connectivity index (χ1v) is 7.34. The molecule has 3 heteroatoms. The predicted molar refractivity (Wildman–Crippen MR) is 82.9 cm³/mol. The van der Waals surface area contributed by atoms with Gasteiger partial charge in [0.2, 0.25) is 5.91 Å². The van der Waals surface area contributed by atoms with Gasteiger partial charge >= 0.3 is 0 Å². The standard InChI is InChI=1S/C17H25NO2/c1-12(2)7-5-10-16(19)18-15-9-6-8-14(11-15)17(20)13(3)4/h6,8-9,11-13H,5,7,10H2,1-4H3,(H,18,19). The molecule has 1 N–H and O–H groups in total. The molecule has 0 aliphatic carbocycles. The fraction of sp³-hybridized carbons (Fsp3) is 0.529. The van der Waals surface area contributed by atoms with E-state index in [1.54, 1.807) is 18.2 Å². The number of carbonyl (C=O) groups excluding carboxylic acids is 2. The van der Waals surface area contributed by atoms with Crippen LogP contribution in [0, 0.1) is 11.8 Å². The van der Waals surface area contributed by atoms with Gasteiger partial charge in [-0.2, -0.15) is 0 Å². The van der Waals surface area contributed by atoms with Crippen molar-refractivity contribution < 1.29 is 9.59 Å². The highest BCUT2D eigenvalue weighted by atomic mass is 16.1. The van der Waals surface area contributed by atoms with Crippen molar-refractivity contribution in [3.8, 4) is 0 Å². The molecule has 110 valence electrons. The van der Waals surface area contributed by atoms with E-state index in [0.29, 0.717) is 23.6 Å². The van der Waals surface area contributed by atoms with Gasteiger partial charge in [-0.3, -0.25) is 9.59 Å². The lowest BCUT2D eigenvalue weighted by Crippen LogP contribution is -2.13. The minimum Gasteiger partial charge on any atom is -0.326 e. The number of hydrogen-bond donors (Lipinski definition) is 1. The number of carbonyl (C=O) groups is 2. The number of amides is 1. The van der Waals surface area contributed by atoms with E-state index in [0.717, 1.165) is 12.8 Å². The second kappa shape index (κ2) is 7.83. The van der Waals surface area contributed by atoms with Crippen molar-refractivity contribution in [2.45, 2.75) is 47.0 Å². The molecule has 1 rings (SSSR count). The molecule has 1 aromatic rings. The van der Waals surface area contributed by atoms with E-state index < -0.39 is 0 Å². The highest BCUT2D eigenvalue weighted by Gasteiger charge is 2.11. The van der Waals surface area contributed by atoms with Crippen LogP contribution in [0.1, 0.15) is 57.3 Å². The Morgan fingerprint density at radius 1 is 1.15 bits per heavy atom. The molecule has 0 heterocycles. The highest BCUT2D eigenvalue weighted by molar-refractivity contribution is 5.99. The number of Topliss-reactive ketones (excluding diaryl/α,β-unsaturated/α-hetero) is 1. The van der Waals surface area contributed by atoms with Crippen LogP contribution in [0.3, 0.4) is 0 Å². The van der Waals surface area contributed by atoms with Gasteiger partial charge in [0, 0.05) is 23.6 Å². The van der Waals surface area contributed by atoms with E-state index in [1.165, 1.54) is 0 Å². The SMILES string of the molecule is CC(C)CCCC(=O)Nc1cccc(C(=O)C(C)C)c1. The molecular formula is C17H25NO2. The lowest BCUT2D eigenvalue weighted by molar-refractivity contribution is -0.116. The van der Waals surface area contributed by atoms with Crippen molar-refractivity contribution in [3.63, 3.8) is 0 Å². The van der Waals surface area contributed by atoms with Crippen molar-refractivity contribution >= 4 is 17.4 Å². The summed E-state index contributed by atoms with van der Waals surface area (Å²) in [4.78, 5) is 23.7. The Kier molecular flexibility index (Phi) is 6.43. The van der Waals surface area contributed by atoms with Crippen molar-refractivity contribution in [3.05, 3.63) is 29.8 Å². The molecule has 0 saturated carbocycles. The van der Waals surface area contributed by atoms with Crippen LogP contribution in [0.15, 0.2) is 24.3 Å². The fourth-order valence-electron chi connectivity index (χ4n) is 1.98. The van der Waals surface area contributed by atoms with Crippen LogP contribution in [0.2, 0.25) is 0 Å². The molecule has 0 aromatic heterocycles. The Morgan fingerprint density at radius 3 is 2.45 bits per heavy atom. The van der Waals surface area contributed by atoms with Gasteiger partial charge in [-0.25, -0.2) is 0 Å². The zero-order chi connectivity index (χ0) is 15.1. The second-order valence-corrected chi connectivity index (χ2v) is 5.93. The molecule has 0 fully saturated rings. The number of ketones is 1. The minimum atomic E-state index is -0.0352. The first-order valence-electron chi connectivity index (χ1n) is 7.34. The molecule has 20 heavy (non-hydrogen) atoms. The Hall–Kier alpha value is -1.64. The zero-order valence-electron chi connectivity index (χ0n) is 12.9. The summed E-state index contributed by atoms with van der Waals surface area (Å²) in [5.74, 6) is 0.697. The number of nitrogens with one attached hydrogen (secondary N) is 1. The van der Waals surface area contributed by atoms with Crippen LogP contribution in [-0.4, -0.2) is 11.7 Å². The molecule has 0 bridgehead atoms. The zero-order valence-corrected chi connectivity index (χ0v) is 12.9. The van der Waals surface area contributed by atoms with E-state index in [1.807, 2.05) is 19.9 Å². The van der Waals surface area contributed by atoms with Gasteiger partial charge < -0.3 is 5.32 Å². The van der Waals surface area contributed by atoms with Gasteiger partial charge in [0.1, 0.15) is 0 Å². The monoisotopic (exact) mass is 275 g/mol. The van der Waals surface area contributed by atoms with Crippen molar-refractivity contribution in [1.82, 2.24) is 0 Å². The topological polar surface area (TPSA) is 46.2 Å². The van der Waals surface area contributed by atoms with E-state index in [4.69, 9.17) is 0 Å². The molecule has 1 aromatic carbocycles. The number of benzene rings is 1. The molecule has 0 aliphatic heterocycles. The summed E-state index contributed by atoms with van der Waals surface area (Å²) in [6.45, 7) is 8.05. The van der Waals surface area contributed by atoms with Gasteiger partial charge in [-0.15, -0.1) is 0 Å². The summed E-state index contributed by atoms with van der Waals surface area (Å²) < 4.78 is 0. The Bertz CT molecular complexity index is 464. The molecule has 0 atom stereocenters. The normalized spacial score (nSPS) is 10.9. The Morgan fingerprint density at radius 2 is 1.85 bits per heavy atom. The van der Waals surface area contributed by atoms with E-state index in [-0.39, 0.29) is 17.6 Å². The third kappa shape index (κ3) is 5.55. The van der Waals surface area contributed by atoms with Crippen LogP contribution < -0.4 is 5.32 Å². The molecule has 0 radical (unpaired) electrons. The summed E-state index contributed by atoms with van der Waals surface area (Å²) >= 11 is 0. The van der Waals surface area contributed by atoms with Crippen molar-refractivity contribution in [2.75, 3.05) is 5.32 Å². The smallest absolute Gasteiger partial charge is 0.224 e. The summed E-state index contributed by atoms with van der Waals surface area (Å²) in [6, 6.07) is 7.16. The van der Waals surface area contributed by atoms with E-state index >= 15 is 0 Å². The third-order valence-electron chi connectivity index (χ3n) is 3.14. The maximum Gasteiger partial charge on any atom is 0.224 e. The van der Waals surface area contributed by atoms with Gasteiger partial charge in [0.25, 0.3) is 0 Å². The van der Waals surface area contributed by atoms with Crippen molar-refractivity contribution in [2.24, 2.45) is 11.8 Å². The molecule has 0 aliphatic rings. The summed E-state index contributed by atoms with van der Waals surface area (Å²) in [7, 11) is 0. The van der Waals surface area contributed by atoms with E-state index in [2.05, 4.69) is 19.2 Å². The molecule has 0 spiro atoms. The molecule has 0 saturated heterocycles. The average Bonchev–Trinajstić information content (AvgIpc) is 2.37. The fourth-order valence-corrected chi connectivity index (χ4v) is 1.98. The van der Waals surface area contributed by atoms with Crippen LogP contribution in [0.25, 0.3) is 0 Å². The van der Waals surface area contributed by atoms with Crippen LogP contribution in [0.5, 0.6) is 0 Å². The third-order valence-corrected chi connectivity index (χ3v) is 3.14. The number of hydrogen-bond acceptors (Lipinski definition) is 2. The quantitative estimate of drug-likeness (QED) is 0.754. The van der Waals surface area contributed by atoms with Crippen LogP contribution in [-0.2, 0) is 4.79 Å². The summed E-state index contributed by atoms with van der Waals surface area (Å²) in [5, 5.41) is 2.86. The number of anilines is 1. The van der Waals surface area contributed by atoms with Crippen LogP contribution in [0.4, 0.5) is 5.69 Å². The van der Waals surface area contributed by atoms with Gasteiger partial charge in [0.05, 0.1) is 0 Å². The van der Waals surface area contributed by atoms with Gasteiger partial charge in [-0.05, 0) is 24.5 Å². The van der Waals surface area contributed by atoms with Crippen molar-refractivity contribution in [1.29, 1.82) is 0 Å². The first kappa shape index (κ1) is 16.4. The maximum absolute atomic E-state index is 11.9. The highest BCUT2D eigenvalue weighted by Crippen LogP contribution is 2.15. The Balaban J connectivity index is 2.58. The van der Waals surface area contributed by atoms with Gasteiger partial charge in [0.15, 0.2) is 5.78 Å². The predicted octanol–water partition coefficient (Wildman–Crippen LogP) is 4.29.